The lowest BCUT2D eigenvalue weighted by molar-refractivity contribution is 0.121. The molecule has 0 atom stereocenters. The van der Waals surface area contributed by atoms with E-state index in [0.717, 1.165) is 44.3 Å². The molecular formula is C31H44O. The predicted octanol–water partition coefficient (Wildman–Crippen LogP) is 8.81. The van der Waals surface area contributed by atoms with Crippen molar-refractivity contribution in [3.05, 3.63) is 82.9 Å². The molecule has 2 aromatic carbocycles. The lowest BCUT2D eigenvalue weighted by Gasteiger charge is -2.29. The van der Waals surface area contributed by atoms with E-state index in [0.29, 0.717) is 0 Å². The van der Waals surface area contributed by atoms with Gasteiger partial charge in [0.1, 0.15) is 0 Å². The van der Waals surface area contributed by atoms with Crippen LogP contribution >= 0.6 is 0 Å². The first kappa shape index (κ1) is 24.8. The number of rotatable bonds is 13. The summed E-state index contributed by atoms with van der Waals surface area (Å²) in [5.41, 5.74) is 5.81. The Kier molecular flexibility index (Phi) is 11.1. The molecule has 0 aliphatic heterocycles. The van der Waals surface area contributed by atoms with E-state index in [2.05, 4.69) is 74.5 Å². The lowest BCUT2D eigenvalue weighted by atomic mass is 9.77. The highest BCUT2D eigenvalue weighted by Gasteiger charge is 2.22. The molecule has 0 heterocycles. The van der Waals surface area contributed by atoms with E-state index in [1.807, 2.05) is 0 Å². The van der Waals surface area contributed by atoms with E-state index in [1.165, 1.54) is 73.6 Å². The van der Waals surface area contributed by atoms with Crippen LogP contribution in [-0.2, 0) is 24.2 Å². The Balaban J connectivity index is 1.30. The third-order valence-electron chi connectivity index (χ3n) is 7.10. The number of ether oxygens (including phenoxy) is 1. The summed E-state index contributed by atoms with van der Waals surface area (Å²) in [6, 6.07) is 18.6. The molecule has 1 nitrogen and oxygen atoms in total. The van der Waals surface area contributed by atoms with Crippen molar-refractivity contribution in [3.63, 3.8) is 0 Å². The van der Waals surface area contributed by atoms with E-state index in [4.69, 9.17) is 4.74 Å². The van der Waals surface area contributed by atoms with Crippen molar-refractivity contribution in [2.45, 2.75) is 97.0 Å². The highest BCUT2D eigenvalue weighted by atomic mass is 16.5. The molecule has 0 saturated heterocycles. The van der Waals surface area contributed by atoms with E-state index >= 15 is 0 Å². The maximum Gasteiger partial charge on any atom is 0.0716 e. The SMILES string of the molecule is C/C=C/CCc1ccc(CCCCC2CCC(c3ccc(COCCC)cc3)CC2)cc1. The Morgan fingerprint density at radius 3 is 2.12 bits per heavy atom. The molecule has 2 aromatic rings. The minimum atomic E-state index is 0.752. The summed E-state index contributed by atoms with van der Waals surface area (Å²) in [5, 5.41) is 0. The summed E-state index contributed by atoms with van der Waals surface area (Å²) < 4.78 is 5.66. The molecule has 1 saturated carbocycles. The Morgan fingerprint density at radius 2 is 1.47 bits per heavy atom. The van der Waals surface area contributed by atoms with Gasteiger partial charge in [0.2, 0.25) is 0 Å². The normalized spacial score (nSPS) is 18.9. The third-order valence-corrected chi connectivity index (χ3v) is 7.10. The first-order chi connectivity index (χ1) is 15.8. The van der Waals surface area contributed by atoms with E-state index in [9.17, 15) is 0 Å². The molecule has 3 rings (SSSR count). The fourth-order valence-corrected chi connectivity index (χ4v) is 5.06. The molecule has 1 aliphatic carbocycles. The van der Waals surface area contributed by atoms with E-state index in [1.54, 1.807) is 0 Å². The summed E-state index contributed by atoms with van der Waals surface area (Å²) in [6.07, 6.45) is 18.7. The Hall–Kier alpha value is -1.86. The fraction of sp³-hybridized carbons (Fsp3) is 0.548. The van der Waals surface area contributed by atoms with E-state index < -0.39 is 0 Å². The molecule has 1 fully saturated rings. The van der Waals surface area contributed by atoms with Gasteiger partial charge in [-0.25, -0.2) is 0 Å². The average Bonchev–Trinajstić information content (AvgIpc) is 2.84. The van der Waals surface area contributed by atoms with Crippen LogP contribution in [0.15, 0.2) is 60.7 Å². The van der Waals surface area contributed by atoms with E-state index in [-0.39, 0.29) is 0 Å². The van der Waals surface area contributed by atoms with Gasteiger partial charge in [-0.05, 0) is 98.8 Å². The van der Waals surface area contributed by atoms with Gasteiger partial charge < -0.3 is 4.74 Å². The fourth-order valence-electron chi connectivity index (χ4n) is 5.06. The third kappa shape index (κ3) is 8.58. The molecule has 1 heteroatoms. The van der Waals surface area contributed by atoms with Gasteiger partial charge in [0.15, 0.2) is 0 Å². The number of aryl methyl sites for hydroxylation is 2. The zero-order valence-electron chi connectivity index (χ0n) is 20.5. The van der Waals surface area contributed by atoms with Gasteiger partial charge in [0, 0.05) is 6.61 Å². The number of unbranched alkanes of at least 4 members (excludes halogenated alkanes) is 1. The van der Waals surface area contributed by atoms with Gasteiger partial charge in [0.05, 0.1) is 6.61 Å². The van der Waals surface area contributed by atoms with Gasteiger partial charge in [-0.3, -0.25) is 0 Å². The van der Waals surface area contributed by atoms with Crippen LogP contribution in [0.25, 0.3) is 0 Å². The minimum absolute atomic E-state index is 0.752. The summed E-state index contributed by atoms with van der Waals surface area (Å²) in [6.45, 7) is 5.86. The molecule has 0 bridgehead atoms. The zero-order valence-corrected chi connectivity index (χ0v) is 20.5. The van der Waals surface area contributed by atoms with Crippen LogP contribution in [0.3, 0.4) is 0 Å². The second kappa shape index (κ2) is 14.3. The summed E-state index contributed by atoms with van der Waals surface area (Å²) in [7, 11) is 0. The summed E-state index contributed by atoms with van der Waals surface area (Å²) >= 11 is 0. The van der Waals surface area contributed by atoms with Crippen molar-refractivity contribution >= 4 is 0 Å². The molecular weight excluding hydrogens is 388 g/mol. The number of benzene rings is 2. The molecule has 0 unspecified atom stereocenters. The monoisotopic (exact) mass is 432 g/mol. The Bertz CT molecular complexity index is 763. The molecule has 0 radical (unpaired) electrons. The number of hydrogen-bond acceptors (Lipinski definition) is 1. The van der Waals surface area contributed by atoms with Crippen LogP contribution in [0.1, 0.15) is 99.8 Å². The van der Waals surface area contributed by atoms with Gasteiger partial charge in [-0.1, -0.05) is 80.4 Å². The van der Waals surface area contributed by atoms with Crippen molar-refractivity contribution in [3.8, 4) is 0 Å². The van der Waals surface area contributed by atoms with Crippen molar-refractivity contribution in [1.82, 2.24) is 0 Å². The van der Waals surface area contributed by atoms with Gasteiger partial charge >= 0.3 is 0 Å². The van der Waals surface area contributed by atoms with Crippen molar-refractivity contribution in [2.75, 3.05) is 6.61 Å². The predicted molar refractivity (Wildman–Crippen MR) is 138 cm³/mol. The standard InChI is InChI=1S/C31H44O/c1-3-5-6-9-26-12-14-27(15-13-26)10-7-8-11-28-16-20-30(21-17-28)31-22-18-29(19-23-31)25-32-24-4-2/h3,5,12-15,18-19,22-23,28,30H,4,6-11,16-17,20-21,24-25H2,1-2H3/b5-3+. The maximum atomic E-state index is 5.66. The van der Waals surface area contributed by atoms with Crippen molar-refractivity contribution < 1.29 is 4.74 Å². The lowest BCUT2D eigenvalue weighted by Crippen LogP contribution is -2.13. The Labute approximate surface area is 197 Å². The van der Waals surface area contributed by atoms with Gasteiger partial charge in [-0.15, -0.1) is 0 Å². The molecule has 174 valence electrons. The smallest absolute Gasteiger partial charge is 0.0716 e. The molecule has 0 amide bonds. The minimum Gasteiger partial charge on any atom is -0.377 e. The van der Waals surface area contributed by atoms with Crippen LogP contribution in [0.2, 0.25) is 0 Å². The van der Waals surface area contributed by atoms with Gasteiger partial charge in [-0.2, -0.15) is 0 Å². The molecule has 32 heavy (non-hydrogen) atoms. The highest BCUT2D eigenvalue weighted by molar-refractivity contribution is 5.25. The zero-order chi connectivity index (χ0) is 22.4. The quantitative estimate of drug-likeness (QED) is 0.227. The van der Waals surface area contributed by atoms with Crippen LogP contribution in [0.4, 0.5) is 0 Å². The Morgan fingerprint density at radius 1 is 0.812 bits per heavy atom. The number of allylic oxidation sites excluding steroid dienone is 2. The second-order valence-electron chi connectivity index (χ2n) is 9.68. The van der Waals surface area contributed by atoms with Crippen LogP contribution in [0.5, 0.6) is 0 Å². The van der Waals surface area contributed by atoms with Crippen molar-refractivity contribution in [1.29, 1.82) is 0 Å². The molecule has 0 spiro atoms. The van der Waals surface area contributed by atoms with Crippen LogP contribution < -0.4 is 0 Å². The highest BCUT2D eigenvalue weighted by Crippen LogP contribution is 2.37. The van der Waals surface area contributed by atoms with Crippen molar-refractivity contribution in [2.24, 2.45) is 5.92 Å². The molecule has 0 N–H and O–H groups in total. The second-order valence-corrected chi connectivity index (χ2v) is 9.68. The number of hydrogen-bond donors (Lipinski definition) is 0. The average molecular weight is 433 g/mol. The topological polar surface area (TPSA) is 9.23 Å². The molecule has 1 aliphatic rings. The van der Waals surface area contributed by atoms with Crippen LogP contribution in [-0.4, -0.2) is 6.61 Å². The van der Waals surface area contributed by atoms with Crippen LogP contribution in [0, 0.1) is 5.92 Å². The molecule has 0 aromatic heterocycles. The maximum absolute atomic E-state index is 5.66. The summed E-state index contributed by atoms with van der Waals surface area (Å²) in [4.78, 5) is 0. The summed E-state index contributed by atoms with van der Waals surface area (Å²) in [5.74, 6) is 1.71. The first-order valence-corrected chi connectivity index (χ1v) is 13.1. The largest absolute Gasteiger partial charge is 0.377 e. The first-order valence-electron chi connectivity index (χ1n) is 13.1. The van der Waals surface area contributed by atoms with Gasteiger partial charge in [0.25, 0.3) is 0 Å².